The first-order valence-electron chi connectivity index (χ1n) is 4.49. The Morgan fingerprint density at radius 2 is 1.89 bits per heavy atom. The molecule has 2 atom stereocenters. The van der Waals surface area contributed by atoms with E-state index in [1.54, 1.807) is 0 Å². The summed E-state index contributed by atoms with van der Waals surface area (Å²) in [4.78, 5) is 0. The van der Waals surface area contributed by atoms with Crippen molar-refractivity contribution < 1.29 is 6.11 Å². The highest BCUT2D eigenvalue weighted by Gasteiger charge is 2.37. The molecule has 0 radical (unpaired) electrons. The standard InChI is InChI=1S/C8H14O/c1-2-4-6-8-7(9-8)5-3-1/h7-8H,1-6H2/t7-,8+/i7D/m0/s1. The van der Waals surface area contributed by atoms with Gasteiger partial charge in [-0.1, -0.05) is 25.7 Å². The summed E-state index contributed by atoms with van der Waals surface area (Å²) >= 11 is 0. The van der Waals surface area contributed by atoms with Crippen molar-refractivity contribution in [3.05, 3.63) is 0 Å². The van der Waals surface area contributed by atoms with Gasteiger partial charge in [0.25, 0.3) is 0 Å². The third-order valence-corrected chi connectivity index (χ3v) is 2.24. The molecule has 0 N–H and O–H groups in total. The molecule has 9 heavy (non-hydrogen) atoms. The maximum atomic E-state index is 7.72. The van der Waals surface area contributed by atoms with Crippen LogP contribution in [0, 0.1) is 0 Å². The third kappa shape index (κ3) is 1.26. The predicted molar refractivity (Wildman–Crippen MR) is 36.4 cm³/mol. The van der Waals surface area contributed by atoms with E-state index in [-0.39, 0.29) is 0 Å². The predicted octanol–water partition coefficient (Wildman–Crippen LogP) is 2.11. The number of hydrogen-bond donors (Lipinski definition) is 0. The van der Waals surface area contributed by atoms with Gasteiger partial charge in [0, 0.05) is 0 Å². The van der Waals surface area contributed by atoms with Crippen LogP contribution in [0.15, 0.2) is 0 Å². The van der Waals surface area contributed by atoms with Crippen molar-refractivity contribution in [1.29, 1.82) is 0 Å². The Morgan fingerprint density at radius 3 is 2.78 bits per heavy atom. The van der Waals surface area contributed by atoms with Crippen molar-refractivity contribution in [1.82, 2.24) is 0 Å². The van der Waals surface area contributed by atoms with Gasteiger partial charge in [-0.2, -0.15) is 0 Å². The molecule has 1 saturated carbocycles. The van der Waals surface area contributed by atoms with Gasteiger partial charge in [-0.05, 0) is 12.8 Å². The molecule has 1 aliphatic carbocycles. The lowest BCUT2D eigenvalue weighted by Crippen LogP contribution is -1.97. The van der Waals surface area contributed by atoms with E-state index in [0.29, 0.717) is 6.10 Å². The van der Waals surface area contributed by atoms with Crippen LogP contribution in [-0.4, -0.2) is 12.2 Å². The van der Waals surface area contributed by atoms with Crippen LogP contribution >= 0.6 is 0 Å². The normalized spacial score (nSPS) is 52.4. The Morgan fingerprint density at radius 1 is 1.11 bits per heavy atom. The van der Waals surface area contributed by atoms with E-state index in [1.165, 1.54) is 25.7 Å². The summed E-state index contributed by atoms with van der Waals surface area (Å²) in [6.45, 7) is 0. The quantitative estimate of drug-likeness (QED) is 0.454. The summed E-state index contributed by atoms with van der Waals surface area (Å²) < 4.78 is 13.0. The number of fused-ring (bicyclic) bond motifs is 1. The molecule has 1 heteroatoms. The lowest BCUT2D eigenvalue weighted by atomic mass is 10.0. The van der Waals surface area contributed by atoms with Crippen molar-refractivity contribution >= 4 is 0 Å². The lowest BCUT2D eigenvalue weighted by molar-refractivity contribution is 0.358. The third-order valence-electron chi connectivity index (χ3n) is 2.24. The van der Waals surface area contributed by atoms with E-state index in [0.717, 1.165) is 12.8 Å². The van der Waals surface area contributed by atoms with E-state index < -0.39 is 6.08 Å². The molecular formula is C8H14O. The van der Waals surface area contributed by atoms with Crippen LogP contribution < -0.4 is 0 Å². The van der Waals surface area contributed by atoms with Crippen LogP contribution in [0.5, 0.6) is 0 Å². The van der Waals surface area contributed by atoms with Gasteiger partial charge in [0.15, 0.2) is 0 Å². The molecule has 0 amide bonds. The zero-order valence-corrected chi connectivity index (χ0v) is 5.73. The molecule has 0 spiro atoms. The van der Waals surface area contributed by atoms with Gasteiger partial charge in [0.1, 0.15) is 0 Å². The largest absolute Gasteiger partial charge is 0.370 e. The van der Waals surface area contributed by atoms with E-state index in [9.17, 15) is 0 Å². The number of hydrogen-bond acceptors (Lipinski definition) is 1. The summed E-state index contributed by atoms with van der Waals surface area (Å²) in [5.74, 6) is 0. The second-order valence-electron chi connectivity index (χ2n) is 3.03. The highest BCUT2D eigenvalue weighted by atomic mass is 16.6. The Labute approximate surface area is 57.8 Å². The van der Waals surface area contributed by atoms with Gasteiger partial charge >= 0.3 is 0 Å². The molecule has 0 unspecified atom stereocenters. The van der Waals surface area contributed by atoms with E-state index in [4.69, 9.17) is 6.11 Å². The van der Waals surface area contributed by atoms with Gasteiger partial charge in [-0.3, -0.25) is 0 Å². The van der Waals surface area contributed by atoms with Crippen molar-refractivity contribution in [3.8, 4) is 0 Å². The van der Waals surface area contributed by atoms with Crippen LogP contribution in [0.3, 0.4) is 0 Å². The summed E-state index contributed by atoms with van der Waals surface area (Å²) in [5, 5.41) is 0. The molecule has 0 aromatic rings. The maximum Gasteiger partial charge on any atom is 0.0841 e. The fraction of sp³-hybridized carbons (Fsp3) is 1.00. The lowest BCUT2D eigenvalue weighted by Gasteiger charge is -2.01. The van der Waals surface area contributed by atoms with Crippen LogP contribution in [-0.2, 0) is 4.74 Å². The minimum atomic E-state index is -0.430. The number of epoxide rings is 1. The monoisotopic (exact) mass is 127 g/mol. The smallest absolute Gasteiger partial charge is 0.0841 e. The van der Waals surface area contributed by atoms with Gasteiger partial charge in [-0.25, -0.2) is 0 Å². The molecule has 0 bridgehead atoms. The minimum absolute atomic E-state index is 0.299. The first-order chi connectivity index (χ1) is 4.81. The summed E-state index contributed by atoms with van der Waals surface area (Å²) in [7, 11) is 0. The Kier molecular flexibility index (Phi) is 1.21. The molecule has 1 heterocycles. The molecule has 2 fully saturated rings. The van der Waals surface area contributed by atoms with Crippen molar-refractivity contribution in [2.45, 2.75) is 50.7 Å². The summed E-state index contributed by atoms with van der Waals surface area (Å²) in [6, 6.07) is 0. The first-order valence-corrected chi connectivity index (χ1v) is 3.99. The second-order valence-corrected chi connectivity index (χ2v) is 3.03. The Hall–Kier alpha value is -0.0400. The van der Waals surface area contributed by atoms with Crippen molar-refractivity contribution in [2.75, 3.05) is 0 Å². The van der Waals surface area contributed by atoms with Gasteiger partial charge in [0.2, 0.25) is 0 Å². The van der Waals surface area contributed by atoms with Crippen molar-refractivity contribution in [2.24, 2.45) is 0 Å². The van der Waals surface area contributed by atoms with Crippen LogP contribution in [0.25, 0.3) is 0 Å². The maximum absolute atomic E-state index is 7.72. The molecule has 1 aliphatic heterocycles. The minimum Gasteiger partial charge on any atom is -0.370 e. The zero-order valence-electron chi connectivity index (χ0n) is 6.73. The van der Waals surface area contributed by atoms with Crippen LogP contribution in [0.2, 0.25) is 0 Å². The van der Waals surface area contributed by atoms with E-state index in [1.807, 2.05) is 0 Å². The Balaban J connectivity index is 1.91. The SMILES string of the molecule is [2H][C@]12CCCCCC[C@H]1O2. The topological polar surface area (TPSA) is 12.5 Å². The summed E-state index contributed by atoms with van der Waals surface area (Å²) in [6.07, 6.45) is 7.08. The van der Waals surface area contributed by atoms with Crippen LogP contribution in [0.1, 0.15) is 39.9 Å². The second kappa shape index (κ2) is 2.30. The molecule has 0 aromatic carbocycles. The average Bonchev–Trinajstić information content (AvgIpc) is 2.44. The molecule has 2 aliphatic rings. The molecule has 1 nitrogen and oxygen atoms in total. The Bertz CT molecular complexity index is 137. The fourth-order valence-electron chi connectivity index (χ4n) is 1.57. The van der Waals surface area contributed by atoms with E-state index in [2.05, 4.69) is 0 Å². The number of rotatable bonds is 0. The van der Waals surface area contributed by atoms with Gasteiger partial charge < -0.3 is 4.74 Å². The fourth-order valence-corrected chi connectivity index (χ4v) is 1.57. The van der Waals surface area contributed by atoms with Crippen LogP contribution in [0.4, 0.5) is 0 Å². The zero-order chi connectivity index (χ0) is 7.03. The first kappa shape index (κ1) is 4.73. The molecular weight excluding hydrogens is 112 g/mol. The molecule has 2 rings (SSSR count). The summed E-state index contributed by atoms with van der Waals surface area (Å²) in [5.41, 5.74) is 0. The molecule has 1 saturated heterocycles. The number of ether oxygens (including phenoxy) is 1. The van der Waals surface area contributed by atoms with Gasteiger partial charge in [0.05, 0.1) is 13.6 Å². The molecule has 52 valence electrons. The average molecular weight is 127 g/mol. The van der Waals surface area contributed by atoms with Crippen molar-refractivity contribution in [3.63, 3.8) is 0 Å². The van der Waals surface area contributed by atoms with E-state index >= 15 is 0 Å². The van der Waals surface area contributed by atoms with Gasteiger partial charge in [-0.15, -0.1) is 0 Å². The highest BCUT2D eigenvalue weighted by Crippen LogP contribution is 2.33. The highest BCUT2D eigenvalue weighted by molar-refractivity contribution is 4.85. The molecule has 0 aromatic heterocycles.